The number of rotatable bonds is 21. The molecule has 0 aliphatic rings. The van der Waals surface area contributed by atoms with Crippen molar-refractivity contribution in [2.45, 2.75) is 83.3 Å². The molecule has 7 N–H and O–H groups in total. The predicted octanol–water partition coefficient (Wildman–Crippen LogP) is 2.20. The number of methoxy groups -OCH3 is 1. The van der Waals surface area contributed by atoms with Gasteiger partial charge in [-0.25, -0.2) is 0 Å². The molecule has 0 aliphatic heterocycles. The van der Waals surface area contributed by atoms with Crippen LogP contribution in [-0.2, 0) is 41.6 Å². The third-order valence-electron chi connectivity index (χ3n) is 7.88. The third kappa shape index (κ3) is 14.8. The van der Waals surface area contributed by atoms with Crippen molar-refractivity contribution in [3.63, 3.8) is 0 Å². The predicted molar refractivity (Wildman–Crippen MR) is 187 cm³/mol. The lowest BCUT2D eigenvalue weighted by molar-refractivity contribution is -0.140. The van der Waals surface area contributed by atoms with Crippen molar-refractivity contribution in [3.8, 4) is 5.75 Å². The molecule has 0 saturated carbocycles. The summed E-state index contributed by atoms with van der Waals surface area (Å²) in [7, 11) is 1.36. The van der Waals surface area contributed by atoms with Crippen LogP contribution in [0.25, 0.3) is 0 Å². The molecule has 3 atom stereocenters. The number of amides is 4. The molecule has 4 amide bonds. The molecule has 0 saturated heterocycles. The van der Waals surface area contributed by atoms with E-state index in [-0.39, 0.29) is 37.0 Å². The summed E-state index contributed by atoms with van der Waals surface area (Å²) in [6, 6.07) is 9.80. The number of carbonyl (C=O) groups is 5. The summed E-state index contributed by atoms with van der Waals surface area (Å²) >= 11 is 1.51. The SMILES string of the molecule is COC(=O)CCCCCCNC(=O)[C@H](Cc1ccccc1)NC(=O)CNC(=O)[C@@H](CCSC)NC(=O)[C@H](N)Cc1c(C)cc(O)cc1C. The van der Waals surface area contributed by atoms with E-state index in [9.17, 15) is 29.1 Å². The van der Waals surface area contributed by atoms with Crippen LogP contribution in [0, 0.1) is 13.8 Å². The number of phenolic OH excluding ortho intramolecular Hbond substituents is 1. The number of nitrogens with two attached hydrogens (primary N) is 1. The van der Waals surface area contributed by atoms with Crippen molar-refractivity contribution >= 4 is 41.4 Å². The molecule has 2 aromatic rings. The lowest BCUT2D eigenvalue weighted by Gasteiger charge is -2.22. The number of esters is 1. The maximum absolute atomic E-state index is 13.1. The first kappa shape index (κ1) is 40.1. The third-order valence-corrected chi connectivity index (χ3v) is 8.52. The number of unbranched alkanes of at least 4 members (excludes halogenated alkanes) is 3. The number of aryl methyl sites for hydroxylation is 2. The van der Waals surface area contributed by atoms with Crippen LogP contribution in [0.5, 0.6) is 5.75 Å². The highest BCUT2D eigenvalue weighted by molar-refractivity contribution is 7.98. The fraction of sp³-hybridized carbons (Fsp3) is 0.514. The summed E-state index contributed by atoms with van der Waals surface area (Å²) in [5, 5.41) is 20.8. The van der Waals surface area contributed by atoms with Crippen LogP contribution in [-0.4, -0.2) is 85.0 Å². The Morgan fingerprint density at radius 3 is 2.15 bits per heavy atom. The first-order valence-corrected chi connectivity index (χ1v) is 17.6. The number of phenols is 1. The Kier molecular flexibility index (Phi) is 18.1. The van der Waals surface area contributed by atoms with Gasteiger partial charge in [0, 0.05) is 19.4 Å². The zero-order chi connectivity index (χ0) is 35.5. The van der Waals surface area contributed by atoms with Gasteiger partial charge in [0.1, 0.15) is 17.8 Å². The lowest BCUT2D eigenvalue weighted by atomic mass is 9.96. The van der Waals surface area contributed by atoms with Crippen molar-refractivity contribution < 1.29 is 33.8 Å². The van der Waals surface area contributed by atoms with Gasteiger partial charge in [-0.1, -0.05) is 43.2 Å². The van der Waals surface area contributed by atoms with Gasteiger partial charge in [0.05, 0.1) is 19.7 Å². The number of ether oxygens (including phenoxy) is 1. The molecular formula is C35H51N5O7S. The maximum Gasteiger partial charge on any atom is 0.305 e. The number of hydrogen-bond acceptors (Lipinski definition) is 9. The molecule has 0 aromatic heterocycles. The normalized spacial score (nSPS) is 12.7. The van der Waals surface area contributed by atoms with Gasteiger partial charge in [-0.3, -0.25) is 24.0 Å². The van der Waals surface area contributed by atoms with E-state index >= 15 is 0 Å². The van der Waals surface area contributed by atoms with Gasteiger partial charge in [0.2, 0.25) is 23.6 Å². The minimum Gasteiger partial charge on any atom is -0.508 e. The van der Waals surface area contributed by atoms with Crippen molar-refractivity contribution in [1.29, 1.82) is 0 Å². The van der Waals surface area contributed by atoms with E-state index < -0.39 is 35.8 Å². The van der Waals surface area contributed by atoms with Crippen LogP contribution in [0.15, 0.2) is 42.5 Å². The highest BCUT2D eigenvalue weighted by Gasteiger charge is 2.26. The molecule has 0 heterocycles. The molecule has 0 radical (unpaired) electrons. The Bertz CT molecular complexity index is 1340. The van der Waals surface area contributed by atoms with Crippen LogP contribution in [0.2, 0.25) is 0 Å². The van der Waals surface area contributed by atoms with Crippen LogP contribution in [0.3, 0.4) is 0 Å². The first-order chi connectivity index (χ1) is 22.9. The van der Waals surface area contributed by atoms with E-state index in [4.69, 9.17) is 5.73 Å². The number of carbonyl (C=O) groups excluding carboxylic acids is 5. The van der Waals surface area contributed by atoms with Gasteiger partial charge >= 0.3 is 5.97 Å². The van der Waals surface area contributed by atoms with E-state index in [1.54, 1.807) is 12.1 Å². The van der Waals surface area contributed by atoms with Crippen molar-refractivity contribution in [3.05, 3.63) is 64.7 Å². The monoisotopic (exact) mass is 685 g/mol. The van der Waals surface area contributed by atoms with Crippen molar-refractivity contribution in [2.75, 3.05) is 32.2 Å². The van der Waals surface area contributed by atoms with E-state index in [1.807, 2.05) is 50.4 Å². The fourth-order valence-corrected chi connectivity index (χ4v) is 5.64. The second kappa shape index (κ2) is 21.7. The zero-order valence-corrected chi connectivity index (χ0v) is 29.3. The number of thioether (sulfide) groups is 1. The molecule has 0 unspecified atom stereocenters. The van der Waals surface area contributed by atoms with Crippen LogP contribution in [0.1, 0.15) is 60.8 Å². The molecular weight excluding hydrogens is 634 g/mol. The molecule has 2 rings (SSSR count). The molecule has 0 bridgehead atoms. The Hall–Kier alpha value is -4.10. The second-order valence-corrected chi connectivity index (χ2v) is 12.8. The van der Waals surface area contributed by atoms with Gasteiger partial charge < -0.3 is 36.8 Å². The Morgan fingerprint density at radius 2 is 1.50 bits per heavy atom. The molecule has 0 spiro atoms. The zero-order valence-electron chi connectivity index (χ0n) is 28.4. The number of benzene rings is 2. The van der Waals surface area contributed by atoms with Crippen LogP contribution < -0.4 is 27.0 Å². The molecule has 48 heavy (non-hydrogen) atoms. The fourth-order valence-electron chi connectivity index (χ4n) is 5.17. The van der Waals surface area contributed by atoms with Gasteiger partial charge in [-0.2, -0.15) is 11.8 Å². The molecule has 0 fully saturated rings. The quantitative estimate of drug-likeness (QED) is 0.0846. The molecule has 2 aromatic carbocycles. The smallest absolute Gasteiger partial charge is 0.305 e. The van der Waals surface area contributed by atoms with Crippen molar-refractivity contribution in [2.24, 2.45) is 5.73 Å². The summed E-state index contributed by atoms with van der Waals surface area (Å²) in [4.78, 5) is 63.5. The van der Waals surface area contributed by atoms with E-state index in [1.165, 1.54) is 18.9 Å². The second-order valence-electron chi connectivity index (χ2n) is 11.8. The lowest BCUT2D eigenvalue weighted by Crippen LogP contribution is -2.54. The van der Waals surface area contributed by atoms with Crippen LogP contribution >= 0.6 is 11.8 Å². The molecule has 12 nitrogen and oxygen atoms in total. The summed E-state index contributed by atoms with van der Waals surface area (Å²) in [5.74, 6) is -1.45. The minimum atomic E-state index is -0.933. The molecule has 0 aliphatic carbocycles. The topological polar surface area (TPSA) is 189 Å². The highest BCUT2D eigenvalue weighted by atomic mass is 32.2. The maximum atomic E-state index is 13.1. The molecule has 13 heteroatoms. The number of nitrogens with one attached hydrogen (secondary N) is 4. The van der Waals surface area contributed by atoms with Crippen LogP contribution in [0.4, 0.5) is 0 Å². The highest BCUT2D eigenvalue weighted by Crippen LogP contribution is 2.22. The summed E-state index contributed by atoms with van der Waals surface area (Å²) < 4.78 is 4.64. The average Bonchev–Trinajstić information content (AvgIpc) is 3.06. The minimum absolute atomic E-state index is 0.136. The van der Waals surface area contributed by atoms with E-state index in [0.717, 1.165) is 41.5 Å². The van der Waals surface area contributed by atoms with E-state index in [0.29, 0.717) is 31.6 Å². The number of aromatic hydroxyl groups is 1. The van der Waals surface area contributed by atoms with Crippen molar-refractivity contribution in [1.82, 2.24) is 21.3 Å². The Labute approximate surface area is 287 Å². The standard InChI is InChI=1S/C35H51N5O7S/c1-23-18-26(41)19-24(2)27(23)21-28(36)33(44)40-29(15-17-48-4)34(45)38-22-31(42)39-30(20-25-12-8-7-9-13-25)35(46)37-16-11-6-5-10-14-32(43)47-3/h7-9,12-13,18-19,28-30,41H,5-6,10-11,14-17,20-22,36H2,1-4H3,(H,37,46)(H,38,45)(H,39,42)(H,40,44)/t28-,29-,30+/m1/s1. The largest absolute Gasteiger partial charge is 0.508 e. The van der Waals surface area contributed by atoms with Gasteiger partial charge in [0.15, 0.2) is 0 Å². The molecule has 264 valence electrons. The summed E-state index contributed by atoms with van der Waals surface area (Å²) in [6.45, 7) is 3.69. The van der Waals surface area contributed by atoms with Gasteiger partial charge in [-0.15, -0.1) is 0 Å². The van der Waals surface area contributed by atoms with E-state index in [2.05, 4.69) is 26.0 Å². The van der Waals surface area contributed by atoms with Gasteiger partial charge in [0.25, 0.3) is 0 Å². The summed E-state index contributed by atoms with van der Waals surface area (Å²) in [6.07, 6.45) is 6.15. The Balaban J connectivity index is 1.95. The average molecular weight is 686 g/mol. The number of hydrogen-bond donors (Lipinski definition) is 6. The van der Waals surface area contributed by atoms with Gasteiger partial charge in [-0.05, 0) is 85.9 Å². The first-order valence-electron chi connectivity index (χ1n) is 16.2. The summed E-state index contributed by atoms with van der Waals surface area (Å²) in [5.41, 5.74) is 9.55. The Morgan fingerprint density at radius 1 is 0.854 bits per heavy atom.